The number of pyridine rings is 2. The Hall–Kier alpha value is -4.44. The van der Waals surface area contributed by atoms with E-state index in [1.54, 1.807) is 24.7 Å². The summed E-state index contributed by atoms with van der Waals surface area (Å²) in [7, 11) is 0. The molecule has 1 aliphatic carbocycles. The average Bonchev–Trinajstić information content (AvgIpc) is 3.71. The number of carbonyl (C=O) groups is 1. The summed E-state index contributed by atoms with van der Waals surface area (Å²) >= 11 is 1.07. The van der Waals surface area contributed by atoms with E-state index in [1.807, 2.05) is 30.3 Å². The molecule has 5 heterocycles. The second-order valence-corrected chi connectivity index (χ2v) is 10.9. The lowest BCUT2D eigenvalue weighted by Crippen LogP contribution is -2.24. The van der Waals surface area contributed by atoms with Crippen molar-refractivity contribution in [3.63, 3.8) is 0 Å². The van der Waals surface area contributed by atoms with Gasteiger partial charge in [-0.2, -0.15) is 9.49 Å². The van der Waals surface area contributed by atoms with Crippen LogP contribution in [0.25, 0.3) is 55.2 Å². The minimum atomic E-state index is -0.247. The summed E-state index contributed by atoms with van der Waals surface area (Å²) in [6.07, 6.45) is 10.5. The number of H-pyrrole nitrogens is 2. The number of amides is 1. The molecule has 0 saturated heterocycles. The lowest BCUT2D eigenvalue weighted by atomic mass is 9.88. The van der Waals surface area contributed by atoms with Gasteiger partial charge in [-0.1, -0.05) is 25.3 Å². The smallest absolute Gasteiger partial charge is 0.227 e. The predicted molar refractivity (Wildman–Crippen MR) is 151 cm³/mol. The summed E-state index contributed by atoms with van der Waals surface area (Å²) in [5, 5.41) is 11.3. The number of halogens is 1. The third-order valence-corrected chi connectivity index (χ3v) is 8.23. The van der Waals surface area contributed by atoms with Crippen LogP contribution in [0.2, 0.25) is 0 Å². The summed E-state index contributed by atoms with van der Waals surface area (Å²) in [5.74, 6) is 0.714. The summed E-state index contributed by atoms with van der Waals surface area (Å²) < 4.78 is 13.7. The van der Waals surface area contributed by atoms with Crippen molar-refractivity contribution in [3.05, 3.63) is 66.2 Å². The Bertz CT molecular complexity index is 1830. The highest BCUT2D eigenvalue weighted by molar-refractivity contribution is 7.14. The molecular weight excluding hydrogens is 513 g/mol. The summed E-state index contributed by atoms with van der Waals surface area (Å²) in [6.45, 7) is 0. The van der Waals surface area contributed by atoms with Gasteiger partial charge in [0, 0.05) is 39.7 Å². The number of carbonyl (C=O) groups excluding carboxylic acids is 1. The second-order valence-electron chi connectivity index (χ2n) is 9.86. The highest BCUT2D eigenvalue weighted by Gasteiger charge is 2.21. The minimum absolute atomic E-state index is 0.0735. The highest BCUT2D eigenvalue weighted by atomic mass is 32.1. The Morgan fingerprint density at radius 2 is 1.92 bits per heavy atom. The zero-order chi connectivity index (χ0) is 26.3. The van der Waals surface area contributed by atoms with Gasteiger partial charge in [0.15, 0.2) is 16.6 Å². The largest absolute Gasteiger partial charge is 0.324 e. The van der Waals surface area contributed by atoms with Gasteiger partial charge in [-0.25, -0.2) is 9.97 Å². The molecule has 0 aliphatic heterocycles. The van der Waals surface area contributed by atoms with E-state index in [4.69, 9.17) is 4.98 Å². The molecule has 5 aromatic heterocycles. The van der Waals surface area contributed by atoms with E-state index in [0.717, 1.165) is 69.5 Å². The fourth-order valence-corrected chi connectivity index (χ4v) is 6.09. The van der Waals surface area contributed by atoms with Crippen LogP contribution in [0.4, 0.5) is 10.1 Å². The van der Waals surface area contributed by atoms with E-state index < -0.39 is 0 Å². The van der Waals surface area contributed by atoms with Gasteiger partial charge in [-0.15, -0.1) is 11.3 Å². The Balaban J connectivity index is 1.22. The third-order valence-electron chi connectivity index (χ3n) is 7.33. The maximum absolute atomic E-state index is 13.7. The number of fused-ring (bicyclic) bond motifs is 2. The number of hydrogen-bond donors (Lipinski definition) is 3. The lowest BCUT2D eigenvalue weighted by molar-refractivity contribution is -0.120. The molecule has 1 saturated carbocycles. The first kappa shape index (κ1) is 23.7. The molecule has 39 heavy (non-hydrogen) atoms. The summed E-state index contributed by atoms with van der Waals surface area (Å²) in [5.41, 5.74) is 6.11. The molecule has 10 heteroatoms. The van der Waals surface area contributed by atoms with Gasteiger partial charge in [-0.3, -0.25) is 14.9 Å². The molecule has 7 rings (SSSR count). The van der Waals surface area contributed by atoms with Crippen LogP contribution < -0.4 is 5.32 Å². The van der Waals surface area contributed by atoms with Crippen LogP contribution in [0.3, 0.4) is 0 Å². The van der Waals surface area contributed by atoms with Gasteiger partial charge >= 0.3 is 0 Å². The van der Waals surface area contributed by atoms with Gasteiger partial charge in [0.1, 0.15) is 11.2 Å². The normalized spacial score (nSPS) is 14.3. The van der Waals surface area contributed by atoms with Gasteiger partial charge in [0.2, 0.25) is 5.91 Å². The highest BCUT2D eigenvalue weighted by Crippen LogP contribution is 2.35. The SMILES string of the molecule is O=C(Nc1cncc(-c2ccc3[nH]nc(-c4nc5c(-c6ccc(F)s6)ccnc5[nH]4)c3c2)c1)C1CCCCC1. The maximum Gasteiger partial charge on any atom is 0.227 e. The number of hydrogen-bond acceptors (Lipinski definition) is 6. The molecular formula is C29H24FN7OS. The molecule has 6 aromatic rings. The third kappa shape index (κ3) is 4.46. The monoisotopic (exact) mass is 537 g/mol. The molecule has 0 spiro atoms. The van der Waals surface area contributed by atoms with Crippen LogP contribution in [0.5, 0.6) is 0 Å². The first-order chi connectivity index (χ1) is 19.1. The van der Waals surface area contributed by atoms with E-state index in [1.165, 1.54) is 12.5 Å². The van der Waals surface area contributed by atoms with Crippen LogP contribution >= 0.6 is 11.3 Å². The van der Waals surface area contributed by atoms with Crippen molar-refractivity contribution in [1.82, 2.24) is 30.1 Å². The summed E-state index contributed by atoms with van der Waals surface area (Å²) in [4.78, 5) is 30.4. The number of rotatable bonds is 5. The van der Waals surface area contributed by atoms with E-state index in [2.05, 4.69) is 30.5 Å². The zero-order valence-corrected chi connectivity index (χ0v) is 21.7. The van der Waals surface area contributed by atoms with E-state index in [0.29, 0.717) is 28.4 Å². The first-order valence-corrected chi connectivity index (χ1v) is 13.8. The number of aromatic amines is 2. The number of imidazole rings is 1. The molecule has 8 nitrogen and oxygen atoms in total. The molecule has 0 unspecified atom stereocenters. The van der Waals surface area contributed by atoms with E-state index in [-0.39, 0.29) is 17.0 Å². The molecule has 1 aliphatic rings. The lowest BCUT2D eigenvalue weighted by Gasteiger charge is -2.20. The fourth-order valence-electron chi connectivity index (χ4n) is 5.33. The molecule has 0 atom stereocenters. The number of nitrogens with zero attached hydrogens (tertiary/aromatic N) is 4. The van der Waals surface area contributed by atoms with Crippen molar-refractivity contribution in [1.29, 1.82) is 0 Å². The quantitative estimate of drug-likeness (QED) is 0.220. The van der Waals surface area contributed by atoms with Crippen molar-refractivity contribution in [2.45, 2.75) is 32.1 Å². The van der Waals surface area contributed by atoms with Crippen LogP contribution in [-0.4, -0.2) is 36.0 Å². The van der Waals surface area contributed by atoms with Crippen LogP contribution in [0.15, 0.2) is 61.1 Å². The number of aromatic nitrogens is 6. The second kappa shape index (κ2) is 9.70. The van der Waals surface area contributed by atoms with Crippen LogP contribution in [0.1, 0.15) is 32.1 Å². The van der Waals surface area contributed by atoms with Crippen molar-refractivity contribution < 1.29 is 9.18 Å². The van der Waals surface area contributed by atoms with Crippen molar-refractivity contribution >= 4 is 45.0 Å². The topological polar surface area (TPSA) is 112 Å². The van der Waals surface area contributed by atoms with Crippen molar-refractivity contribution in [2.75, 3.05) is 5.32 Å². The van der Waals surface area contributed by atoms with Gasteiger partial charge in [0.05, 0.1) is 17.4 Å². The van der Waals surface area contributed by atoms with E-state index in [9.17, 15) is 9.18 Å². The Labute approximate surface area is 226 Å². The molecule has 1 aromatic carbocycles. The molecule has 0 radical (unpaired) electrons. The molecule has 1 amide bonds. The number of benzene rings is 1. The fraction of sp³-hybridized carbons (Fsp3) is 0.207. The molecule has 3 N–H and O–H groups in total. The first-order valence-electron chi connectivity index (χ1n) is 13.0. The van der Waals surface area contributed by atoms with Gasteiger partial charge < -0.3 is 10.3 Å². The number of anilines is 1. The van der Waals surface area contributed by atoms with Crippen LogP contribution in [-0.2, 0) is 4.79 Å². The number of nitrogens with one attached hydrogen (secondary N) is 3. The zero-order valence-electron chi connectivity index (χ0n) is 20.9. The predicted octanol–water partition coefficient (Wildman–Crippen LogP) is 6.95. The Morgan fingerprint density at radius 1 is 1.03 bits per heavy atom. The average molecular weight is 538 g/mol. The summed E-state index contributed by atoms with van der Waals surface area (Å²) in [6, 6.07) is 13.0. The van der Waals surface area contributed by atoms with Gasteiger partial charge in [-0.05, 0) is 54.8 Å². The Kier molecular flexibility index (Phi) is 5.89. The molecule has 194 valence electrons. The Morgan fingerprint density at radius 3 is 2.77 bits per heavy atom. The standard InChI is InChI=1S/C29H24FN7OS/c30-24-9-8-23(39-24)20-10-11-32-27-25(20)34-28(35-27)26-21-13-17(6-7-22(21)36-37-26)18-12-19(15-31-14-18)33-29(38)16-4-2-1-3-5-16/h6-16H,1-5H2,(H,33,38)(H,36,37)(H,32,34,35). The van der Waals surface area contributed by atoms with Crippen LogP contribution in [0, 0.1) is 11.0 Å². The maximum atomic E-state index is 13.7. The van der Waals surface area contributed by atoms with Gasteiger partial charge in [0.25, 0.3) is 0 Å². The minimum Gasteiger partial charge on any atom is -0.324 e. The number of thiophene rings is 1. The van der Waals surface area contributed by atoms with Crippen molar-refractivity contribution in [2.24, 2.45) is 5.92 Å². The van der Waals surface area contributed by atoms with E-state index >= 15 is 0 Å². The molecule has 1 fully saturated rings. The van der Waals surface area contributed by atoms with Crippen molar-refractivity contribution in [3.8, 4) is 33.1 Å². The molecule has 0 bridgehead atoms.